The Bertz CT molecular complexity index is 537. The summed E-state index contributed by atoms with van der Waals surface area (Å²) in [4.78, 5) is 11.0. The van der Waals surface area contributed by atoms with Crippen LogP contribution >= 0.6 is 0 Å². The lowest BCUT2D eigenvalue weighted by Gasteiger charge is -2.17. The molecule has 110 valence electrons. The monoisotopic (exact) mass is 284 g/mol. The fraction of sp³-hybridized carbons (Fsp3) is 0.278. The van der Waals surface area contributed by atoms with Gasteiger partial charge in [0.25, 0.3) is 0 Å². The van der Waals surface area contributed by atoms with Crippen LogP contribution in [0.2, 0.25) is 0 Å². The van der Waals surface area contributed by atoms with Crippen LogP contribution in [0.5, 0.6) is 5.75 Å². The van der Waals surface area contributed by atoms with Gasteiger partial charge in [-0.15, -0.1) is 0 Å². The minimum Gasteiger partial charge on any atom is -0.493 e. The van der Waals surface area contributed by atoms with Crippen molar-refractivity contribution in [2.24, 2.45) is 5.92 Å². The minimum atomic E-state index is -0.257. The van der Waals surface area contributed by atoms with Gasteiger partial charge in [0.15, 0.2) is 0 Å². The molecule has 2 rings (SSSR count). The Morgan fingerprint density at radius 1 is 0.952 bits per heavy atom. The van der Waals surface area contributed by atoms with Gasteiger partial charge in [-0.05, 0) is 24.1 Å². The normalized spacial score (nSPS) is 11.7. The Labute approximate surface area is 125 Å². The number of hydrogen-bond acceptors (Lipinski definition) is 3. The van der Waals surface area contributed by atoms with Crippen molar-refractivity contribution in [3.8, 4) is 5.75 Å². The first-order chi connectivity index (χ1) is 10.2. The summed E-state index contributed by atoms with van der Waals surface area (Å²) < 4.78 is 10.9. The molecule has 0 saturated carbocycles. The average molecular weight is 284 g/mol. The minimum absolute atomic E-state index is 0.136. The van der Waals surface area contributed by atoms with Gasteiger partial charge in [0.05, 0.1) is 13.2 Å². The third-order valence-electron chi connectivity index (χ3n) is 3.12. The van der Waals surface area contributed by atoms with E-state index in [1.807, 2.05) is 48.5 Å². The summed E-state index contributed by atoms with van der Waals surface area (Å²) in [5.41, 5.74) is 1.21. The van der Waals surface area contributed by atoms with Crippen molar-refractivity contribution in [1.82, 2.24) is 0 Å². The molecule has 3 nitrogen and oxygen atoms in total. The second kappa shape index (κ2) is 8.10. The van der Waals surface area contributed by atoms with Gasteiger partial charge >= 0.3 is 5.97 Å². The third-order valence-corrected chi connectivity index (χ3v) is 3.12. The predicted octanol–water partition coefficient (Wildman–Crippen LogP) is 3.49. The van der Waals surface area contributed by atoms with E-state index in [0.29, 0.717) is 13.2 Å². The summed E-state index contributed by atoms with van der Waals surface area (Å²) in [5.74, 6) is 0.711. The van der Waals surface area contributed by atoms with E-state index in [1.165, 1.54) is 12.5 Å². The summed E-state index contributed by atoms with van der Waals surface area (Å²) in [6.45, 7) is 2.32. The first-order valence-corrected chi connectivity index (χ1v) is 7.09. The first-order valence-electron chi connectivity index (χ1n) is 7.09. The molecular formula is C18H20O3. The molecule has 0 unspecified atom stereocenters. The van der Waals surface area contributed by atoms with E-state index in [2.05, 4.69) is 12.1 Å². The Hall–Kier alpha value is -2.29. The maximum Gasteiger partial charge on any atom is 0.302 e. The van der Waals surface area contributed by atoms with E-state index >= 15 is 0 Å². The molecule has 0 heterocycles. The van der Waals surface area contributed by atoms with Crippen LogP contribution in [0.4, 0.5) is 0 Å². The molecule has 0 radical (unpaired) electrons. The van der Waals surface area contributed by atoms with Gasteiger partial charge in [0.2, 0.25) is 0 Å². The standard InChI is InChI=1S/C18H20O3/c1-15(19)20-13-17(12-16-8-4-2-5-9-16)14-21-18-10-6-3-7-11-18/h2-11,17H,12-14H2,1H3/t17-/m0/s1. The number of carbonyl (C=O) groups excluding carboxylic acids is 1. The maximum absolute atomic E-state index is 11.0. The van der Waals surface area contributed by atoms with Crippen LogP contribution in [-0.4, -0.2) is 19.2 Å². The van der Waals surface area contributed by atoms with Crippen LogP contribution in [0.1, 0.15) is 12.5 Å². The maximum atomic E-state index is 11.0. The smallest absolute Gasteiger partial charge is 0.302 e. The highest BCUT2D eigenvalue weighted by atomic mass is 16.5. The topological polar surface area (TPSA) is 35.5 Å². The van der Waals surface area contributed by atoms with Crippen molar-refractivity contribution < 1.29 is 14.3 Å². The summed E-state index contributed by atoms with van der Waals surface area (Å²) in [6.07, 6.45) is 0.820. The highest BCUT2D eigenvalue weighted by molar-refractivity contribution is 5.65. The number of benzene rings is 2. The zero-order valence-corrected chi connectivity index (χ0v) is 12.2. The second-order valence-corrected chi connectivity index (χ2v) is 4.98. The zero-order valence-electron chi connectivity index (χ0n) is 12.2. The highest BCUT2D eigenvalue weighted by Crippen LogP contribution is 2.14. The number of esters is 1. The fourth-order valence-electron chi connectivity index (χ4n) is 2.08. The van der Waals surface area contributed by atoms with Crippen LogP contribution in [0.15, 0.2) is 60.7 Å². The molecule has 0 aliphatic rings. The van der Waals surface area contributed by atoms with Gasteiger partial charge in [-0.3, -0.25) is 4.79 Å². The molecule has 0 fully saturated rings. The molecule has 2 aromatic rings. The molecule has 0 aromatic heterocycles. The lowest BCUT2D eigenvalue weighted by molar-refractivity contribution is -0.142. The van der Waals surface area contributed by atoms with Gasteiger partial charge in [-0.25, -0.2) is 0 Å². The summed E-state index contributed by atoms with van der Waals surface area (Å²) in [7, 11) is 0. The second-order valence-electron chi connectivity index (χ2n) is 4.98. The quantitative estimate of drug-likeness (QED) is 0.730. The van der Waals surface area contributed by atoms with Crippen molar-refractivity contribution in [3.63, 3.8) is 0 Å². The van der Waals surface area contributed by atoms with E-state index in [1.54, 1.807) is 0 Å². The first kappa shape index (κ1) is 15.1. The Kier molecular flexibility index (Phi) is 5.83. The van der Waals surface area contributed by atoms with Crippen LogP contribution in [0.25, 0.3) is 0 Å². The van der Waals surface area contributed by atoms with E-state index in [-0.39, 0.29) is 11.9 Å². The molecule has 0 N–H and O–H groups in total. The van der Waals surface area contributed by atoms with E-state index in [9.17, 15) is 4.79 Å². The number of carbonyl (C=O) groups is 1. The molecular weight excluding hydrogens is 264 g/mol. The van der Waals surface area contributed by atoms with Gasteiger partial charge in [0, 0.05) is 12.8 Å². The highest BCUT2D eigenvalue weighted by Gasteiger charge is 2.13. The van der Waals surface area contributed by atoms with Crippen molar-refractivity contribution in [2.45, 2.75) is 13.3 Å². The molecule has 0 bridgehead atoms. The molecule has 0 saturated heterocycles. The zero-order chi connectivity index (χ0) is 14.9. The van der Waals surface area contributed by atoms with Crippen molar-refractivity contribution >= 4 is 5.97 Å². The molecule has 0 aliphatic carbocycles. The summed E-state index contributed by atoms with van der Waals surface area (Å²) >= 11 is 0. The third kappa shape index (κ3) is 5.69. The van der Waals surface area contributed by atoms with Crippen molar-refractivity contribution in [2.75, 3.05) is 13.2 Å². The van der Waals surface area contributed by atoms with Crippen LogP contribution in [0, 0.1) is 5.92 Å². The molecule has 0 aliphatic heterocycles. The Morgan fingerprint density at radius 2 is 1.57 bits per heavy atom. The van der Waals surface area contributed by atoms with Crippen LogP contribution in [0.3, 0.4) is 0 Å². The number of hydrogen-bond donors (Lipinski definition) is 0. The summed E-state index contributed by atoms with van der Waals surface area (Å²) in [6, 6.07) is 19.8. The van der Waals surface area contributed by atoms with Gasteiger partial charge in [-0.2, -0.15) is 0 Å². The van der Waals surface area contributed by atoms with Crippen molar-refractivity contribution in [3.05, 3.63) is 66.2 Å². The molecule has 2 aromatic carbocycles. The van der Waals surface area contributed by atoms with Crippen molar-refractivity contribution in [1.29, 1.82) is 0 Å². The lowest BCUT2D eigenvalue weighted by Crippen LogP contribution is -2.21. The number of rotatable bonds is 7. The van der Waals surface area contributed by atoms with E-state index in [0.717, 1.165) is 12.2 Å². The lowest BCUT2D eigenvalue weighted by atomic mass is 10.0. The average Bonchev–Trinajstić information content (AvgIpc) is 2.52. The molecule has 1 atom stereocenters. The number of para-hydroxylation sites is 1. The fourth-order valence-corrected chi connectivity index (χ4v) is 2.08. The SMILES string of the molecule is CC(=O)OC[C@@H](COc1ccccc1)Cc1ccccc1. The van der Waals surface area contributed by atoms with Gasteiger partial charge in [0.1, 0.15) is 5.75 Å². The molecule has 21 heavy (non-hydrogen) atoms. The van der Waals surface area contributed by atoms with Gasteiger partial charge in [-0.1, -0.05) is 48.5 Å². The number of ether oxygens (including phenoxy) is 2. The Balaban J connectivity index is 1.93. The van der Waals surface area contributed by atoms with E-state index in [4.69, 9.17) is 9.47 Å². The molecule has 0 spiro atoms. The Morgan fingerprint density at radius 3 is 2.19 bits per heavy atom. The van der Waals surface area contributed by atoms with E-state index < -0.39 is 0 Å². The van der Waals surface area contributed by atoms with Crippen LogP contribution in [-0.2, 0) is 16.0 Å². The van der Waals surface area contributed by atoms with Gasteiger partial charge < -0.3 is 9.47 Å². The van der Waals surface area contributed by atoms with Crippen LogP contribution < -0.4 is 4.74 Å². The molecule has 0 amide bonds. The summed E-state index contributed by atoms with van der Waals surface area (Å²) in [5, 5.41) is 0. The largest absolute Gasteiger partial charge is 0.493 e. The molecule has 3 heteroatoms. The predicted molar refractivity (Wildman–Crippen MR) is 82.2 cm³/mol.